The maximum Gasteiger partial charge on any atom is 0.277 e. The topological polar surface area (TPSA) is 54.9 Å². The Morgan fingerprint density at radius 2 is 2.25 bits per heavy atom. The van der Waals surface area contributed by atoms with Crippen LogP contribution in [0.15, 0.2) is 29.6 Å². The van der Waals surface area contributed by atoms with Crippen LogP contribution in [-0.4, -0.2) is 15.5 Å². The van der Waals surface area contributed by atoms with E-state index < -0.39 is 0 Å². The Kier molecular flexibility index (Phi) is 3.48. The maximum atomic E-state index is 11.7. The summed E-state index contributed by atoms with van der Waals surface area (Å²) >= 11 is 6.90. The van der Waals surface area contributed by atoms with Crippen molar-refractivity contribution in [3.8, 4) is 0 Å². The van der Waals surface area contributed by atoms with Crippen molar-refractivity contribution >= 4 is 34.7 Å². The number of alkyl halides is 1. The molecule has 0 saturated carbocycles. The summed E-state index contributed by atoms with van der Waals surface area (Å²) < 4.78 is 3.63. The van der Waals surface area contributed by atoms with Gasteiger partial charge in [0.1, 0.15) is 0 Å². The quantitative estimate of drug-likeness (QED) is 0.856. The lowest BCUT2D eigenvalue weighted by Gasteiger charge is -2.07. The summed E-state index contributed by atoms with van der Waals surface area (Å²) in [4.78, 5) is 11.7. The first-order chi connectivity index (χ1) is 7.81. The van der Waals surface area contributed by atoms with Crippen molar-refractivity contribution < 1.29 is 4.79 Å². The van der Waals surface area contributed by atoms with E-state index in [1.807, 2.05) is 18.2 Å². The smallest absolute Gasteiger partial charge is 0.277 e. The molecule has 0 atom stereocenters. The minimum absolute atomic E-state index is 0.272. The lowest BCUT2D eigenvalue weighted by Crippen LogP contribution is -2.13. The van der Waals surface area contributed by atoms with E-state index in [-0.39, 0.29) is 5.91 Å². The first-order valence-electron chi connectivity index (χ1n) is 4.53. The van der Waals surface area contributed by atoms with Gasteiger partial charge in [0.2, 0.25) is 0 Å². The second kappa shape index (κ2) is 5.05. The molecule has 0 aliphatic heterocycles. The van der Waals surface area contributed by atoms with Crippen LogP contribution < -0.4 is 5.32 Å². The Labute approximate surface area is 101 Å². The van der Waals surface area contributed by atoms with Crippen LogP contribution in [0.4, 0.5) is 5.69 Å². The fourth-order valence-corrected chi connectivity index (χ4v) is 1.88. The summed E-state index contributed by atoms with van der Waals surface area (Å²) in [6.45, 7) is 0. The molecule has 2 rings (SSSR count). The number of halogens is 1. The molecule has 1 N–H and O–H groups in total. The molecule has 1 aromatic heterocycles. The second-order valence-electron chi connectivity index (χ2n) is 3.04. The first kappa shape index (κ1) is 11.0. The Bertz CT molecular complexity index is 487. The SMILES string of the molecule is O=C(Nc1ccccc1CCl)c1csnn1. The van der Waals surface area contributed by atoms with Gasteiger partial charge in [-0.2, -0.15) is 0 Å². The van der Waals surface area contributed by atoms with Gasteiger partial charge in [-0.3, -0.25) is 4.79 Å². The maximum absolute atomic E-state index is 11.7. The summed E-state index contributed by atoms with van der Waals surface area (Å²) in [6.07, 6.45) is 0. The highest BCUT2D eigenvalue weighted by Crippen LogP contribution is 2.17. The average Bonchev–Trinajstić information content (AvgIpc) is 2.83. The number of anilines is 1. The summed E-state index contributed by atoms with van der Waals surface area (Å²) in [5.74, 6) is 0.0810. The number of carbonyl (C=O) groups excluding carboxylic acids is 1. The van der Waals surface area contributed by atoms with E-state index in [0.717, 1.165) is 17.1 Å². The highest BCUT2D eigenvalue weighted by Gasteiger charge is 2.10. The summed E-state index contributed by atoms with van der Waals surface area (Å²) in [7, 11) is 0. The van der Waals surface area contributed by atoms with Gasteiger partial charge in [0.05, 0.1) is 0 Å². The van der Waals surface area contributed by atoms with E-state index in [1.165, 1.54) is 0 Å². The van der Waals surface area contributed by atoms with Gasteiger partial charge in [0.15, 0.2) is 5.69 Å². The molecule has 6 heteroatoms. The molecule has 1 aromatic carbocycles. The van der Waals surface area contributed by atoms with Crippen molar-refractivity contribution in [2.45, 2.75) is 5.88 Å². The third-order valence-corrected chi connectivity index (χ3v) is 2.79. The predicted molar refractivity (Wildman–Crippen MR) is 63.9 cm³/mol. The minimum atomic E-state index is -0.272. The Morgan fingerprint density at radius 1 is 1.44 bits per heavy atom. The van der Waals surface area contributed by atoms with Gasteiger partial charge in [0.25, 0.3) is 5.91 Å². The molecule has 0 saturated heterocycles. The van der Waals surface area contributed by atoms with E-state index in [1.54, 1.807) is 11.4 Å². The Morgan fingerprint density at radius 3 is 2.94 bits per heavy atom. The van der Waals surface area contributed by atoms with Crippen LogP contribution in [0.25, 0.3) is 0 Å². The lowest BCUT2D eigenvalue weighted by atomic mass is 10.2. The second-order valence-corrected chi connectivity index (χ2v) is 3.91. The van der Waals surface area contributed by atoms with Crippen molar-refractivity contribution in [2.75, 3.05) is 5.32 Å². The number of amides is 1. The van der Waals surface area contributed by atoms with Crippen LogP contribution in [0, 0.1) is 0 Å². The fraction of sp³-hybridized carbons (Fsp3) is 0.100. The van der Waals surface area contributed by atoms with Gasteiger partial charge in [-0.25, -0.2) is 0 Å². The number of carbonyl (C=O) groups is 1. The standard InChI is InChI=1S/C10H8ClN3OS/c11-5-7-3-1-2-4-8(7)12-10(15)9-6-16-14-13-9/h1-4,6H,5H2,(H,12,15). The number of benzene rings is 1. The number of rotatable bonds is 3. The zero-order valence-electron chi connectivity index (χ0n) is 8.18. The van der Waals surface area contributed by atoms with Gasteiger partial charge in [-0.1, -0.05) is 22.7 Å². The van der Waals surface area contributed by atoms with Crippen LogP contribution in [0.3, 0.4) is 0 Å². The first-order valence-corrected chi connectivity index (χ1v) is 5.90. The van der Waals surface area contributed by atoms with Crippen LogP contribution in [0.1, 0.15) is 16.1 Å². The van der Waals surface area contributed by atoms with E-state index in [0.29, 0.717) is 17.3 Å². The van der Waals surface area contributed by atoms with Crippen molar-refractivity contribution in [1.29, 1.82) is 0 Å². The number of aromatic nitrogens is 2. The number of nitrogens with zero attached hydrogens (tertiary/aromatic N) is 2. The fourth-order valence-electron chi connectivity index (χ4n) is 1.21. The number of nitrogens with one attached hydrogen (secondary N) is 1. The third-order valence-electron chi connectivity index (χ3n) is 2.00. The molecule has 1 heterocycles. The third kappa shape index (κ3) is 2.37. The summed E-state index contributed by atoms with van der Waals surface area (Å²) in [5, 5.41) is 8.03. The lowest BCUT2D eigenvalue weighted by molar-refractivity contribution is 0.102. The molecular formula is C10H8ClN3OS. The van der Waals surface area contributed by atoms with Crippen LogP contribution in [0.2, 0.25) is 0 Å². The molecule has 0 bridgehead atoms. The number of hydrogen-bond donors (Lipinski definition) is 1. The van der Waals surface area contributed by atoms with E-state index in [4.69, 9.17) is 11.6 Å². The van der Waals surface area contributed by atoms with Crippen molar-refractivity contribution in [1.82, 2.24) is 9.59 Å². The zero-order chi connectivity index (χ0) is 11.4. The molecule has 82 valence electrons. The summed E-state index contributed by atoms with van der Waals surface area (Å²) in [6, 6.07) is 7.38. The van der Waals surface area contributed by atoms with Crippen molar-refractivity contribution in [2.24, 2.45) is 0 Å². The normalized spacial score (nSPS) is 10.1. The largest absolute Gasteiger partial charge is 0.320 e. The highest BCUT2D eigenvalue weighted by atomic mass is 35.5. The molecule has 0 unspecified atom stereocenters. The van der Waals surface area contributed by atoms with Gasteiger partial charge < -0.3 is 5.32 Å². The van der Waals surface area contributed by atoms with Crippen LogP contribution >= 0.6 is 23.1 Å². The van der Waals surface area contributed by atoms with Crippen LogP contribution in [0.5, 0.6) is 0 Å². The van der Waals surface area contributed by atoms with Gasteiger partial charge >= 0.3 is 0 Å². The van der Waals surface area contributed by atoms with E-state index in [2.05, 4.69) is 14.9 Å². The molecule has 1 amide bonds. The molecule has 0 fully saturated rings. The van der Waals surface area contributed by atoms with Crippen molar-refractivity contribution in [3.05, 3.63) is 40.9 Å². The van der Waals surface area contributed by atoms with Gasteiger partial charge in [0, 0.05) is 16.9 Å². The average molecular weight is 254 g/mol. The number of para-hydroxylation sites is 1. The molecule has 0 aliphatic carbocycles. The van der Waals surface area contributed by atoms with Gasteiger partial charge in [-0.15, -0.1) is 16.7 Å². The molecular weight excluding hydrogens is 246 g/mol. The minimum Gasteiger partial charge on any atom is -0.320 e. The van der Waals surface area contributed by atoms with E-state index >= 15 is 0 Å². The molecule has 0 spiro atoms. The predicted octanol–water partition coefficient (Wildman–Crippen LogP) is 2.53. The monoisotopic (exact) mass is 253 g/mol. The van der Waals surface area contributed by atoms with E-state index in [9.17, 15) is 4.79 Å². The van der Waals surface area contributed by atoms with Gasteiger partial charge in [-0.05, 0) is 23.2 Å². The Balaban J connectivity index is 2.18. The number of hydrogen-bond acceptors (Lipinski definition) is 4. The summed E-state index contributed by atoms with van der Waals surface area (Å²) in [5.41, 5.74) is 1.89. The van der Waals surface area contributed by atoms with Crippen molar-refractivity contribution in [3.63, 3.8) is 0 Å². The molecule has 2 aromatic rings. The highest BCUT2D eigenvalue weighted by molar-refractivity contribution is 7.03. The Hall–Kier alpha value is -1.46. The zero-order valence-corrected chi connectivity index (χ0v) is 9.76. The molecule has 0 aliphatic rings. The molecule has 4 nitrogen and oxygen atoms in total. The molecule has 0 radical (unpaired) electrons. The van der Waals surface area contributed by atoms with Crippen LogP contribution in [-0.2, 0) is 5.88 Å². The molecule has 16 heavy (non-hydrogen) atoms.